The largest absolute Gasteiger partial charge is 0.490 e. The van der Waals surface area contributed by atoms with Gasteiger partial charge in [-0.1, -0.05) is 40.2 Å². The van der Waals surface area contributed by atoms with Gasteiger partial charge in [-0.25, -0.2) is 0 Å². The fourth-order valence-corrected chi connectivity index (χ4v) is 2.21. The monoisotopic (exact) mass is 318 g/mol. The summed E-state index contributed by atoms with van der Waals surface area (Å²) in [4.78, 5) is 0. The maximum Gasteiger partial charge on any atom is 0.119 e. The molecule has 2 nitrogen and oxygen atoms in total. The molecule has 0 saturated heterocycles. The van der Waals surface area contributed by atoms with Crippen molar-refractivity contribution in [2.45, 2.75) is 25.0 Å². The van der Waals surface area contributed by atoms with Crippen molar-refractivity contribution in [2.75, 3.05) is 0 Å². The first-order valence-electron chi connectivity index (χ1n) is 6.42. The average molecular weight is 319 g/mol. The van der Waals surface area contributed by atoms with Gasteiger partial charge < -0.3 is 9.84 Å². The van der Waals surface area contributed by atoms with Crippen LogP contribution < -0.4 is 4.74 Å². The van der Waals surface area contributed by atoms with Crippen LogP contribution in [0.5, 0.6) is 5.75 Å². The Bertz CT molecular complexity index is 544. The van der Waals surface area contributed by atoms with Gasteiger partial charge in [0.2, 0.25) is 0 Å². The summed E-state index contributed by atoms with van der Waals surface area (Å²) in [5.41, 5.74) is 1.77. The van der Waals surface area contributed by atoms with E-state index in [2.05, 4.69) is 15.9 Å². The van der Waals surface area contributed by atoms with Gasteiger partial charge in [-0.3, -0.25) is 0 Å². The molecular weight excluding hydrogens is 304 g/mol. The summed E-state index contributed by atoms with van der Waals surface area (Å²) >= 11 is 3.39. The van der Waals surface area contributed by atoms with Crippen LogP contribution in [-0.4, -0.2) is 11.2 Å². The van der Waals surface area contributed by atoms with Crippen LogP contribution in [0.25, 0.3) is 0 Å². The number of ether oxygens (including phenoxy) is 1. The second kappa shape index (κ2) is 5.35. The Labute approximate surface area is 121 Å². The summed E-state index contributed by atoms with van der Waals surface area (Å²) in [6.45, 7) is 0. The van der Waals surface area contributed by atoms with E-state index in [1.54, 1.807) is 0 Å². The molecule has 0 bridgehead atoms. The lowest BCUT2D eigenvalue weighted by Crippen LogP contribution is -2.00. The van der Waals surface area contributed by atoms with Crippen LogP contribution in [0.3, 0.4) is 0 Å². The molecule has 1 unspecified atom stereocenters. The van der Waals surface area contributed by atoms with E-state index in [9.17, 15) is 5.11 Å². The molecular formula is C16H15BrO2. The summed E-state index contributed by atoms with van der Waals surface area (Å²) in [6.07, 6.45) is 2.12. The molecule has 0 radical (unpaired) electrons. The number of aliphatic hydroxyl groups is 1. The van der Waals surface area contributed by atoms with E-state index < -0.39 is 6.10 Å². The molecule has 2 aromatic carbocycles. The molecule has 1 aliphatic rings. The average Bonchev–Trinajstić information content (AvgIpc) is 3.24. The molecule has 19 heavy (non-hydrogen) atoms. The van der Waals surface area contributed by atoms with E-state index in [1.165, 1.54) is 0 Å². The Hall–Kier alpha value is -1.32. The zero-order chi connectivity index (χ0) is 13.2. The van der Waals surface area contributed by atoms with E-state index >= 15 is 0 Å². The summed E-state index contributed by atoms with van der Waals surface area (Å²) < 4.78 is 6.70. The first-order valence-corrected chi connectivity index (χ1v) is 7.22. The van der Waals surface area contributed by atoms with Crippen LogP contribution in [0, 0.1) is 0 Å². The van der Waals surface area contributed by atoms with Crippen LogP contribution in [-0.2, 0) is 0 Å². The molecule has 0 amide bonds. The van der Waals surface area contributed by atoms with Crippen molar-refractivity contribution in [3.63, 3.8) is 0 Å². The number of rotatable bonds is 4. The summed E-state index contributed by atoms with van der Waals surface area (Å²) in [6, 6.07) is 15.4. The van der Waals surface area contributed by atoms with Crippen LogP contribution in [0.1, 0.15) is 30.1 Å². The van der Waals surface area contributed by atoms with Gasteiger partial charge in [0.1, 0.15) is 11.9 Å². The topological polar surface area (TPSA) is 29.5 Å². The van der Waals surface area contributed by atoms with Crippen molar-refractivity contribution < 1.29 is 9.84 Å². The van der Waals surface area contributed by atoms with Crippen molar-refractivity contribution in [3.05, 3.63) is 64.1 Å². The Morgan fingerprint density at radius 2 is 1.47 bits per heavy atom. The lowest BCUT2D eigenvalue weighted by Gasteiger charge is -2.12. The predicted molar refractivity (Wildman–Crippen MR) is 78.3 cm³/mol. The number of benzene rings is 2. The number of hydrogen-bond acceptors (Lipinski definition) is 2. The second-order valence-electron chi connectivity index (χ2n) is 4.84. The molecule has 1 aliphatic carbocycles. The van der Waals surface area contributed by atoms with E-state index in [4.69, 9.17) is 4.74 Å². The minimum absolute atomic E-state index is 0.405. The minimum atomic E-state index is -0.594. The third kappa shape index (κ3) is 3.17. The smallest absolute Gasteiger partial charge is 0.119 e. The van der Waals surface area contributed by atoms with Gasteiger partial charge in [-0.15, -0.1) is 0 Å². The zero-order valence-corrected chi connectivity index (χ0v) is 12.0. The Morgan fingerprint density at radius 3 is 2.00 bits per heavy atom. The molecule has 1 atom stereocenters. The third-order valence-electron chi connectivity index (χ3n) is 3.21. The van der Waals surface area contributed by atoms with Gasteiger partial charge >= 0.3 is 0 Å². The Kier molecular flexibility index (Phi) is 3.58. The first kappa shape index (κ1) is 12.7. The molecule has 0 aliphatic heterocycles. The van der Waals surface area contributed by atoms with Gasteiger partial charge in [-0.2, -0.15) is 0 Å². The summed E-state index contributed by atoms with van der Waals surface area (Å²) in [5.74, 6) is 0.884. The van der Waals surface area contributed by atoms with Crippen LogP contribution in [0.4, 0.5) is 0 Å². The number of aliphatic hydroxyl groups excluding tert-OH is 1. The van der Waals surface area contributed by atoms with E-state index in [1.807, 2.05) is 48.5 Å². The quantitative estimate of drug-likeness (QED) is 0.920. The van der Waals surface area contributed by atoms with Crippen LogP contribution >= 0.6 is 15.9 Å². The molecule has 1 N–H and O–H groups in total. The molecule has 0 aromatic heterocycles. The normalized spacial score (nSPS) is 16.1. The van der Waals surface area contributed by atoms with E-state index in [0.717, 1.165) is 34.2 Å². The van der Waals surface area contributed by atoms with Crippen molar-refractivity contribution in [1.82, 2.24) is 0 Å². The Balaban J connectivity index is 1.75. The lowest BCUT2D eigenvalue weighted by atomic mass is 10.0. The number of hydrogen-bond donors (Lipinski definition) is 1. The summed E-state index contributed by atoms with van der Waals surface area (Å²) in [7, 11) is 0. The third-order valence-corrected chi connectivity index (χ3v) is 3.74. The molecule has 1 fully saturated rings. The fourth-order valence-electron chi connectivity index (χ4n) is 1.94. The predicted octanol–water partition coefficient (Wildman–Crippen LogP) is 4.07. The standard InChI is InChI=1S/C16H15BrO2/c17-13-5-1-11(2-6-13)16(18)12-3-7-14(8-4-12)19-15-9-10-15/h1-8,15-16,18H,9-10H2. The molecule has 1 saturated carbocycles. The van der Waals surface area contributed by atoms with Crippen molar-refractivity contribution in [1.29, 1.82) is 0 Å². The van der Waals surface area contributed by atoms with Gasteiger partial charge in [0.05, 0.1) is 6.10 Å². The van der Waals surface area contributed by atoms with Crippen molar-refractivity contribution in [3.8, 4) is 5.75 Å². The van der Waals surface area contributed by atoms with Gasteiger partial charge in [0, 0.05) is 4.47 Å². The van der Waals surface area contributed by atoms with Gasteiger partial charge in [0.15, 0.2) is 0 Å². The maximum atomic E-state index is 10.3. The number of halogens is 1. The zero-order valence-electron chi connectivity index (χ0n) is 10.4. The Morgan fingerprint density at radius 1 is 0.947 bits per heavy atom. The molecule has 3 heteroatoms. The highest BCUT2D eigenvalue weighted by Crippen LogP contribution is 2.29. The first-order chi connectivity index (χ1) is 9.22. The van der Waals surface area contributed by atoms with Gasteiger partial charge in [0.25, 0.3) is 0 Å². The van der Waals surface area contributed by atoms with Crippen LogP contribution in [0.2, 0.25) is 0 Å². The fraction of sp³-hybridized carbons (Fsp3) is 0.250. The van der Waals surface area contributed by atoms with Crippen molar-refractivity contribution in [2.24, 2.45) is 0 Å². The maximum absolute atomic E-state index is 10.3. The SMILES string of the molecule is OC(c1ccc(Br)cc1)c1ccc(OC2CC2)cc1. The minimum Gasteiger partial charge on any atom is -0.490 e. The molecule has 98 valence electrons. The van der Waals surface area contributed by atoms with Crippen LogP contribution in [0.15, 0.2) is 53.0 Å². The second-order valence-corrected chi connectivity index (χ2v) is 5.76. The molecule has 3 rings (SSSR count). The lowest BCUT2D eigenvalue weighted by molar-refractivity contribution is 0.220. The molecule has 0 spiro atoms. The highest BCUT2D eigenvalue weighted by Gasteiger charge is 2.23. The molecule has 2 aromatic rings. The highest BCUT2D eigenvalue weighted by atomic mass is 79.9. The van der Waals surface area contributed by atoms with E-state index in [0.29, 0.717) is 6.10 Å². The van der Waals surface area contributed by atoms with E-state index in [-0.39, 0.29) is 0 Å². The van der Waals surface area contributed by atoms with Crippen molar-refractivity contribution >= 4 is 15.9 Å². The van der Waals surface area contributed by atoms with Gasteiger partial charge in [-0.05, 0) is 48.2 Å². The summed E-state index contributed by atoms with van der Waals surface area (Å²) in [5, 5.41) is 10.3. The highest BCUT2D eigenvalue weighted by molar-refractivity contribution is 9.10. The molecule has 0 heterocycles.